The van der Waals surface area contributed by atoms with Crippen molar-refractivity contribution in [2.75, 3.05) is 19.6 Å². The highest BCUT2D eigenvalue weighted by Crippen LogP contribution is 2.40. The van der Waals surface area contributed by atoms with E-state index >= 15 is 0 Å². The SMILES string of the molecule is CC[C@@]1(O)C(=O)OCc2c1cc1n(c2=O)Cc2cc3c(O)c(CN4CCCC[C@H]4N4CCCCC4)ccc3nc2-1. The Balaban J connectivity index is 1.25. The van der Waals surface area contributed by atoms with Gasteiger partial charge in [-0.15, -0.1) is 0 Å². The largest absolute Gasteiger partial charge is 0.507 e. The van der Waals surface area contributed by atoms with Gasteiger partial charge in [0.05, 0.1) is 35.2 Å². The van der Waals surface area contributed by atoms with Crippen LogP contribution in [0.3, 0.4) is 0 Å². The lowest BCUT2D eigenvalue weighted by Gasteiger charge is -2.44. The van der Waals surface area contributed by atoms with Crippen molar-refractivity contribution in [3.8, 4) is 17.1 Å². The Bertz CT molecular complexity index is 1580. The molecular formula is C31H36N4O5. The van der Waals surface area contributed by atoms with Crippen LogP contribution >= 0.6 is 0 Å². The van der Waals surface area contributed by atoms with Crippen molar-refractivity contribution in [2.24, 2.45) is 0 Å². The number of phenolic OH excluding ortho intramolecular Hbond substituents is 1. The van der Waals surface area contributed by atoms with E-state index in [1.54, 1.807) is 17.6 Å². The Kier molecular flexibility index (Phi) is 6.21. The zero-order chi connectivity index (χ0) is 27.6. The van der Waals surface area contributed by atoms with Gasteiger partial charge in [0.2, 0.25) is 0 Å². The number of hydrogen-bond donors (Lipinski definition) is 2. The number of benzene rings is 1. The van der Waals surface area contributed by atoms with Crippen LogP contribution in [0, 0.1) is 0 Å². The van der Waals surface area contributed by atoms with E-state index in [2.05, 4.69) is 9.80 Å². The molecule has 2 saturated heterocycles. The standard InChI is InChI=1S/C31H36N4O5/c1-2-31(39)23-15-25-27-20(17-35(25)29(37)22(23)18-40-30(31)38)14-21-24(32-27)10-9-19(28(21)36)16-34-13-7-4-8-26(34)33-11-5-3-6-12-33/h9-10,14-15,26,36,39H,2-8,11-13,16-18H2,1H3/t26-,31-/m0/s1. The molecule has 0 amide bonds. The number of nitrogens with zero attached hydrogens (tertiary/aromatic N) is 4. The van der Waals surface area contributed by atoms with E-state index < -0.39 is 11.6 Å². The fraction of sp³-hybridized carbons (Fsp3) is 0.516. The molecule has 4 aliphatic heterocycles. The fourth-order valence-corrected chi connectivity index (χ4v) is 7.22. The van der Waals surface area contributed by atoms with Crippen LogP contribution in [0.2, 0.25) is 0 Å². The summed E-state index contributed by atoms with van der Waals surface area (Å²) in [5.41, 5.74) is 2.06. The van der Waals surface area contributed by atoms with Gasteiger partial charge in [-0.25, -0.2) is 9.78 Å². The molecule has 0 spiro atoms. The van der Waals surface area contributed by atoms with Crippen molar-refractivity contribution in [1.29, 1.82) is 0 Å². The Hall–Kier alpha value is -3.27. The second-order valence-electron chi connectivity index (χ2n) is 11.8. The molecule has 4 aliphatic rings. The predicted octanol–water partition coefficient (Wildman–Crippen LogP) is 3.58. The average molecular weight is 545 g/mol. The van der Waals surface area contributed by atoms with Gasteiger partial charge in [0.1, 0.15) is 12.4 Å². The van der Waals surface area contributed by atoms with Crippen LogP contribution in [0.5, 0.6) is 5.75 Å². The van der Waals surface area contributed by atoms with Crippen LogP contribution in [-0.2, 0) is 34.8 Å². The van der Waals surface area contributed by atoms with E-state index in [4.69, 9.17) is 9.72 Å². The van der Waals surface area contributed by atoms with Crippen molar-refractivity contribution in [1.82, 2.24) is 19.4 Å². The lowest BCUT2D eigenvalue weighted by Crippen LogP contribution is -2.52. The van der Waals surface area contributed by atoms with E-state index in [1.807, 2.05) is 18.2 Å². The fourth-order valence-electron chi connectivity index (χ4n) is 7.22. The molecule has 0 aliphatic carbocycles. The van der Waals surface area contributed by atoms with Crippen LogP contribution in [0.15, 0.2) is 29.1 Å². The molecule has 7 rings (SSSR count). The lowest BCUT2D eigenvalue weighted by molar-refractivity contribution is -0.172. The lowest BCUT2D eigenvalue weighted by atomic mass is 9.86. The minimum absolute atomic E-state index is 0.103. The van der Waals surface area contributed by atoms with E-state index in [-0.39, 0.29) is 24.3 Å². The Morgan fingerprint density at radius 2 is 1.88 bits per heavy atom. The first-order valence-corrected chi connectivity index (χ1v) is 14.7. The summed E-state index contributed by atoms with van der Waals surface area (Å²) in [6.07, 6.45) is 7.96. The Morgan fingerprint density at radius 1 is 1.07 bits per heavy atom. The number of carbonyl (C=O) groups is 1. The number of carbonyl (C=O) groups excluding carboxylic acids is 1. The van der Waals surface area contributed by atoms with Crippen LogP contribution < -0.4 is 5.56 Å². The van der Waals surface area contributed by atoms with Crippen LogP contribution in [0.4, 0.5) is 0 Å². The third-order valence-corrected chi connectivity index (χ3v) is 9.51. The van der Waals surface area contributed by atoms with Gasteiger partial charge < -0.3 is 19.5 Å². The normalized spacial score (nSPS) is 24.9. The van der Waals surface area contributed by atoms with Gasteiger partial charge in [-0.3, -0.25) is 14.6 Å². The van der Waals surface area contributed by atoms with Crippen molar-refractivity contribution in [2.45, 2.75) is 83.3 Å². The number of likely N-dealkylation sites (tertiary alicyclic amines) is 2. The molecule has 1 aromatic carbocycles. The molecule has 0 radical (unpaired) electrons. The summed E-state index contributed by atoms with van der Waals surface area (Å²) < 4.78 is 6.80. The number of aromatic nitrogens is 2. The molecule has 0 unspecified atom stereocenters. The van der Waals surface area contributed by atoms with Crippen LogP contribution in [-0.4, -0.2) is 61.3 Å². The molecule has 2 fully saturated rings. The van der Waals surface area contributed by atoms with Gasteiger partial charge in [-0.1, -0.05) is 19.4 Å². The maximum absolute atomic E-state index is 13.5. The zero-order valence-corrected chi connectivity index (χ0v) is 23.0. The first-order valence-electron chi connectivity index (χ1n) is 14.7. The number of aliphatic hydroxyl groups is 1. The highest BCUT2D eigenvalue weighted by Gasteiger charge is 2.45. The Morgan fingerprint density at radius 3 is 2.67 bits per heavy atom. The van der Waals surface area contributed by atoms with Crippen molar-refractivity contribution >= 4 is 16.9 Å². The van der Waals surface area contributed by atoms with Crippen molar-refractivity contribution < 1.29 is 19.7 Å². The molecular weight excluding hydrogens is 508 g/mol. The summed E-state index contributed by atoms with van der Waals surface area (Å²) in [6, 6.07) is 7.58. The molecule has 6 heterocycles. The first-order chi connectivity index (χ1) is 19.4. The molecule has 9 heteroatoms. The molecule has 9 nitrogen and oxygen atoms in total. The van der Waals surface area contributed by atoms with Crippen LogP contribution in [0.1, 0.15) is 74.1 Å². The zero-order valence-electron chi connectivity index (χ0n) is 23.0. The molecule has 40 heavy (non-hydrogen) atoms. The van der Waals surface area contributed by atoms with Gasteiger partial charge in [-0.05, 0) is 76.4 Å². The second-order valence-corrected chi connectivity index (χ2v) is 11.8. The summed E-state index contributed by atoms with van der Waals surface area (Å²) >= 11 is 0. The maximum Gasteiger partial charge on any atom is 0.343 e. The topological polar surface area (TPSA) is 108 Å². The maximum atomic E-state index is 13.5. The second kappa shape index (κ2) is 9.68. The first kappa shape index (κ1) is 25.7. The summed E-state index contributed by atoms with van der Waals surface area (Å²) in [7, 11) is 0. The Labute approximate surface area is 233 Å². The van der Waals surface area contributed by atoms with Gasteiger partial charge in [0.25, 0.3) is 5.56 Å². The van der Waals surface area contributed by atoms with E-state index in [0.717, 1.165) is 30.8 Å². The molecule has 2 N–H and O–H groups in total. The molecule has 210 valence electrons. The number of pyridine rings is 2. The number of ether oxygens (including phenoxy) is 1. The number of hydrogen-bond acceptors (Lipinski definition) is 8. The molecule has 2 atom stereocenters. The minimum Gasteiger partial charge on any atom is -0.507 e. The highest BCUT2D eigenvalue weighted by molar-refractivity contribution is 5.90. The monoisotopic (exact) mass is 544 g/mol. The number of aromatic hydroxyl groups is 1. The molecule has 3 aromatic rings. The van der Waals surface area contributed by atoms with Crippen LogP contribution in [0.25, 0.3) is 22.3 Å². The molecule has 0 bridgehead atoms. The number of rotatable bonds is 4. The smallest absolute Gasteiger partial charge is 0.343 e. The molecule has 0 saturated carbocycles. The number of phenols is 1. The average Bonchev–Trinajstić information content (AvgIpc) is 3.34. The van der Waals surface area contributed by atoms with Crippen molar-refractivity contribution in [3.05, 3.63) is 56.9 Å². The quantitative estimate of drug-likeness (QED) is 0.376. The summed E-state index contributed by atoms with van der Waals surface area (Å²) in [6.45, 7) is 5.88. The number of fused-ring (bicyclic) bond motifs is 5. The van der Waals surface area contributed by atoms with Gasteiger partial charge in [0, 0.05) is 28.6 Å². The molecule has 2 aromatic heterocycles. The number of cyclic esters (lactones) is 1. The summed E-state index contributed by atoms with van der Waals surface area (Å²) in [5.74, 6) is -0.483. The minimum atomic E-state index is -1.85. The highest BCUT2D eigenvalue weighted by atomic mass is 16.6. The number of piperidine rings is 2. The van der Waals surface area contributed by atoms with Gasteiger partial charge in [0.15, 0.2) is 5.60 Å². The van der Waals surface area contributed by atoms with E-state index in [1.165, 1.54) is 38.5 Å². The van der Waals surface area contributed by atoms with Gasteiger partial charge in [-0.2, -0.15) is 0 Å². The van der Waals surface area contributed by atoms with Gasteiger partial charge >= 0.3 is 5.97 Å². The van der Waals surface area contributed by atoms with E-state index in [0.29, 0.717) is 52.7 Å². The third kappa shape index (κ3) is 3.89. The summed E-state index contributed by atoms with van der Waals surface area (Å²) in [5, 5.41) is 23.2. The predicted molar refractivity (Wildman–Crippen MR) is 150 cm³/mol. The number of esters is 1. The summed E-state index contributed by atoms with van der Waals surface area (Å²) in [4.78, 5) is 35.9. The van der Waals surface area contributed by atoms with Crippen molar-refractivity contribution in [3.63, 3.8) is 0 Å². The third-order valence-electron chi connectivity index (χ3n) is 9.51. The van der Waals surface area contributed by atoms with E-state index in [9.17, 15) is 19.8 Å².